The first kappa shape index (κ1) is 25.2. The molecule has 1 rings (SSSR count). The van der Waals surface area contributed by atoms with Crippen LogP contribution in [0, 0.1) is 0 Å². The van der Waals surface area contributed by atoms with Crippen molar-refractivity contribution in [1.82, 2.24) is 0 Å². The zero-order valence-corrected chi connectivity index (χ0v) is 16.7. The van der Waals surface area contributed by atoms with Crippen molar-refractivity contribution in [2.45, 2.75) is 124 Å². The normalized spacial score (nSPS) is 15.3. The van der Waals surface area contributed by atoms with Gasteiger partial charge in [-0.2, -0.15) is 0 Å². The van der Waals surface area contributed by atoms with E-state index in [0.29, 0.717) is 12.7 Å². The third-order valence-electron chi connectivity index (χ3n) is 4.01. The van der Waals surface area contributed by atoms with Gasteiger partial charge >= 0.3 is 0 Å². The smallest absolute Gasteiger partial charge is 0.0781 e. The van der Waals surface area contributed by atoms with Gasteiger partial charge in [-0.15, -0.1) is 0 Å². The summed E-state index contributed by atoms with van der Waals surface area (Å²) >= 11 is 0. The Labute approximate surface area is 147 Å². The van der Waals surface area contributed by atoms with Gasteiger partial charge in [0.25, 0.3) is 0 Å². The van der Waals surface area contributed by atoms with Crippen LogP contribution in [0.25, 0.3) is 0 Å². The molecule has 1 aliphatic heterocycles. The summed E-state index contributed by atoms with van der Waals surface area (Å²) in [7, 11) is 0. The highest BCUT2D eigenvalue weighted by atomic mass is 16.6. The van der Waals surface area contributed by atoms with E-state index in [1.807, 2.05) is 13.8 Å². The van der Waals surface area contributed by atoms with Gasteiger partial charge in [0, 0.05) is 6.61 Å². The lowest BCUT2D eigenvalue weighted by Gasteiger charge is -2.02. The molecule has 0 aliphatic carbocycles. The minimum absolute atomic E-state index is 0.373. The van der Waals surface area contributed by atoms with Crippen LogP contribution in [0.4, 0.5) is 0 Å². The molecule has 0 saturated carbocycles. The third-order valence-corrected chi connectivity index (χ3v) is 4.01. The number of aliphatic hydroxyl groups is 1. The van der Waals surface area contributed by atoms with Gasteiger partial charge < -0.3 is 9.84 Å². The predicted molar refractivity (Wildman–Crippen MR) is 104 cm³/mol. The van der Waals surface area contributed by atoms with Crippen molar-refractivity contribution in [2.24, 2.45) is 0 Å². The number of epoxide rings is 1. The van der Waals surface area contributed by atoms with Gasteiger partial charge in [0.15, 0.2) is 0 Å². The molecule has 0 amide bonds. The molecule has 0 bridgehead atoms. The molecular weight excluding hydrogens is 284 g/mol. The average molecular weight is 331 g/mol. The third kappa shape index (κ3) is 30.4. The first-order chi connectivity index (χ1) is 11.3. The topological polar surface area (TPSA) is 32.8 Å². The molecule has 0 aromatic rings. The van der Waals surface area contributed by atoms with Crippen LogP contribution in [-0.2, 0) is 4.74 Å². The minimum Gasteiger partial charge on any atom is -0.396 e. The Kier molecular flexibility index (Phi) is 26.5. The van der Waals surface area contributed by atoms with Crippen molar-refractivity contribution >= 4 is 0 Å². The molecule has 1 atom stereocenters. The molecule has 1 aliphatic rings. The molecule has 1 unspecified atom stereocenters. The molecule has 1 saturated heterocycles. The van der Waals surface area contributed by atoms with Crippen LogP contribution in [0.3, 0.4) is 0 Å². The number of unbranched alkanes of at least 4 members (excludes halogenated alkanes) is 13. The summed E-state index contributed by atoms with van der Waals surface area (Å²) in [5, 5.41) is 8.64. The van der Waals surface area contributed by atoms with E-state index in [-0.39, 0.29) is 0 Å². The van der Waals surface area contributed by atoms with E-state index in [2.05, 4.69) is 13.8 Å². The van der Waals surface area contributed by atoms with Gasteiger partial charge in [-0.1, -0.05) is 104 Å². The summed E-state index contributed by atoms with van der Waals surface area (Å²) in [6.07, 6.45) is 19.8. The Balaban J connectivity index is 0. The van der Waals surface area contributed by atoms with E-state index in [0.717, 1.165) is 13.0 Å². The summed E-state index contributed by atoms with van der Waals surface area (Å²) in [6, 6.07) is 0. The average Bonchev–Trinajstić information content (AvgIpc) is 3.37. The molecule has 1 heterocycles. The second-order valence-corrected chi connectivity index (χ2v) is 6.46. The lowest BCUT2D eigenvalue weighted by atomic mass is 10.0. The molecule has 2 heteroatoms. The largest absolute Gasteiger partial charge is 0.396 e. The Bertz CT molecular complexity index is 165. The van der Waals surface area contributed by atoms with Crippen molar-refractivity contribution in [1.29, 1.82) is 0 Å². The molecule has 1 fully saturated rings. The van der Waals surface area contributed by atoms with Crippen LogP contribution >= 0.6 is 0 Å². The van der Waals surface area contributed by atoms with Crippen molar-refractivity contribution in [2.75, 3.05) is 13.2 Å². The van der Waals surface area contributed by atoms with Crippen LogP contribution < -0.4 is 0 Å². The van der Waals surface area contributed by atoms with E-state index in [1.165, 1.54) is 83.5 Å². The fourth-order valence-electron chi connectivity index (χ4n) is 2.40. The lowest BCUT2D eigenvalue weighted by Crippen LogP contribution is -1.84. The number of aliphatic hydroxyl groups excluding tert-OH is 1. The molecule has 2 nitrogen and oxygen atoms in total. The molecule has 0 radical (unpaired) electrons. The Morgan fingerprint density at radius 1 is 0.696 bits per heavy atom. The Hall–Kier alpha value is -0.0800. The van der Waals surface area contributed by atoms with Gasteiger partial charge in [0.1, 0.15) is 0 Å². The summed E-state index contributed by atoms with van der Waals surface area (Å²) < 4.78 is 4.71. The first-order valence-electron chi connectivity index (χ1n) is 10.5. The summed E-state index contributed by atoms with van der Waals surface area (Å²) in [6.45, 7) is 9.69. The number of rotatable bonds is 14. The highest BCUT2D eigenvalue weighted by Crippen LogP contribution is 2.12. The summed E-state index contributed by atoms with van der Waals surface area (Å²) in [4.78, 5) is 0. The van der Waals surface area contributed by atoms with Gasteiger partial charge in [-0.25, -0.2) is 0 Å². The fraction of sp³-hybridized carbons (Fsp3) is 1.00. The van der Waals surface area contributed by atoms with Crippen molar-refractivity contribution in [3.05, 3.63) is 0 Å². The maximum atomic E-state index is 8.64. The number of hydrogen-bond donors (Lipinski definition) is 1. The predicted octanol–water partition coefficient (Wildman–Crippen LogP) is 6.89. The second-order valence-electron chi connectivity index (χ2n) is 6.46. The fourth-order valence-corrected chi connectivity index (χ4v) is 2.40. The highest BCUT2D eigenvalue weighted by molar-refractivity contribution is 4.58. The van der Waals surface area contributed by atoms with E-state index < -0.39 is 0 Å². The molecule has 0 aromatic heterocycles. The van der Waals surface area contributed by atoms with E-state index in [1.54, 1.807) is 0 Å². The second kappa shape index (κ2) is 24.2. The van der Waals surface area contributed by atoms with Crippen molar-refractivity contribution in [3.63, 3.8) is 0 Å². The quantitative estimate of drug-likeness (QED) is 0.278. The first-order valence-corrected chi connectivity index (χ1v) is 10.5. The molecule has 0 aromatic carbocycles. The zero-order chi connectivity index (χ0) is 17.6. The van der Waals surface area contributed by atoms with Crippen molar-refractivity contribution < 1.29 is 9.84 Å². The molecule has 0 spiro atoms. The Morgan fingerprint density at radius 2 is 0.957 bits per heavy atom. The van der Waals surface area contributed by atoms with Gasteiger partial charge in [0.2, 0.25) is 0 Å². The molecule has 1 N–H and O–H groups in total. The van der Waals surface area contributed by atoms with Gasteiger partial charge in [-0.05, 0) is 13.3 Å². The Morgan fingerprint density at radius 3 is 1.17 bits per heavy atom. The van der Waals surface area contributed by atoms with Crippen molar-refractivity contribution in [3.8, 4) is 0 Å². The summed E-state index contributed by atoms with van der Waals surface area (Å²) in [5.41, 5.74) is 0. The molecule has 142 valence electrons. The SMILES string of the molecule is CC.CC1CO1.CCCCCCCCCCCCCCCCO. The van der Waals surface area contributed by atoms with E-state index in [9.17, 15) is 0 Å². The van der Waals surface area contributed by atoms with Crippen LogP contribution in [0.1, 0.15) is 118 Å². The highest BCUT2D eigenvalue weighted by Gasteiger charge is 2.13. The maximum Gasteiger partial charge on any atom is 0.0781 e. The van der Waals surface area contributed by atoms with Crippen LogP contribution in [0.2, 0.25) is 0 Å². The maximum absolute atomic E-state index is 8.64. The van der Waals surface area contributed by atoms with Crippen LogP contribution in [0.5, 0.6) is 0 Å². The standard InChI is InChI=1S/C16H34O.C3H6O.C2H6/c1-2-3-4-5-6-7-8-9-10-11-12-13-14-15-16-17;1-3-2-4-3;1-2/h17H,2-16H2,1H3;3H,2H2,1H3;1-2H3. The number of hydrogen-bond acceptors (Lipinski definition) is 2. The minimum atomic E-state index is 0.373. The van der Waals surface area contributed by atoms with E-state index >= 15 is 0 Å². The van der Waals surface area contributed by atoms with Gasteiger partial charge in [-0.3, -0.25) is 0 Å². The van der Waals surface area contributed by atoms with Gasteiger partial charge in [0.05, 0.1) is 12.7 Å². The number of ether oxygens (including phenoxy) is 1. The molecule has 23 heavy (non-hydrogen) atoms. The zero-order valence-electron chi connectivity index (χ0n) is 16.7. The summed E-state index contributed by atoms with van der Waals surface area (Å²) in [5.74, 6) is 0. The molecular formula is C21H46O2. The van der Waals surface area contributed by atoms with E-state index in [4.69, 9.17) is 9.84 Å². The lowest BCUT2D eigenvalue weighted by molar-refractivity contribution is 0.282. The van der Waals surface area contributed by atoms with Crippen LogP contribution in [0.15, 0.2) is 0 Å². The monoisotopic (exact) mass is 330 g/mol. The van der Waals surface area contributed by atoms with Crippen LogP contribution in [-0.4, -0.2) is 24.4 Å².